The molecule has 0 heterocycles. The number of carbonyl (C=O) groups is 1. The number of amides is 1. The van der Waals surface area contributed by atoms with Crippen LogP contribution in [-0.4, -0.2) is 17.5 Å². The third-order valence-electron chi connectivity index (χ3n) is 2.83. The zero-order valence-electron chi connectivity index (χ0n) is 8.84. The fourth-order valence-electron chi connectivity index (χ4n) is 1.44. The second kappa shape index (κ2) is 4.02. The van der Waals surface area contributed by atoms with Gasteiger partial charge in [0.15, 0.2) is 0 Å². The molecule has 1 aliphatic carbocycles. The average molecular weight is 194 g/mol. The van der Waals surface area contributed by atoms with Crippen molar-refractivity contribution in [2.75, 3.05) is 0 Å². The van der Waals surface area contributed by atoms with E-state index in [0.29, 0.717) is 5.92 Å². The van der Waals surface area contributed by atoms with E-state index in [1.165, 1.54) is 0 Å². The Kier molecular flexibility index (Phi) is 3.17. The Hall–Kier alpha value is -1.01. The van der Waals surface area contributed by atoms with Crippen molar-refractivity contribution in [3.63, 3.8) is 0 Å². The van der Waals surface area contributed by atoms with Gasteiger partial charge in [0, 0.05) is 0 Å². The van der Waals surface area contributed by atoms with Crippen LogP contribution in [0.4, 0.5) is 0 Å². The van der Waals surface area contributed by atoms with Crippen LogP contribution in [-0.2, 0) is 4.79 Å². The lowest BCUT2D eigenvalue weighted by Crippen LogP contribution is -2.55. The van der Waals surface area contributed by atoms with Gasteiger partial charge in [0.1, 0.15) is 0 Å². The zero-order chi connectivity index (χ0) is 10.8. The molecule has 3 heteroatoms. The lowest BCUT2D eigenvalue weighted by molar-refractivity contribution is -0.126. The van der Waals surface area contributed by atoms with Crippen LogP contribution in [0, 0.1) is 18.3 Å². The summed E-state index contributed by atoms with van der Waals surface area (Å²) in [6.07, 6.45) is 8.10. The molecule has 14 heavy (non-hydrogen) atoms. The van der Waals surface area contributed by atoms with Gasteiger partial charge in [-0.25, -0.2) is 0 Å². The molecule has 3 N–H and O–H groups in total. The first-order valence-electron chi connectivity index (χ1n) is 5.08. The number of terminal acetylenes is 1. The SMILES string of the molecule is C#CC(CC)NC(=O)C(C)(N)C1CC1. The van der Waals surface area contributed by atoms with Crippen LogP contribution < -0.4 is 11.1 Å². The minimum absolute atomic E-state index is 0.121. The summed E-state index contributed by atoms with van der Waals surface area (Å²) in [5.74, 6) is 2.74. The molecule has 0 aromatic carbocycles. The molecule has 3 nitrogen and oxygen atoms in total. The predicted molar refractivity (Wildman–Crippen MR) is 56.4 cm³/mol. The number of hydrogen-bond acceptors (Lipinski definition) is 2. The largest absolute Gasteiger partial charge is 0.341 e. The fourth-order valence-corrected chi connectivity index (χ4v) is 1.44. The molecule has 2 atom stereocenters. The highest BCUT2D eigenvalue weighted by Gasteiger charge is 2.44. The van der Waals surface area contributed by atoms with Gasteiger partial charge in [0.05, 0.1) is 11.6 Å². The summed E-state index contributed by atoms with van der Waals surface area (Å²) >= 11 is 0. The fraction of sp³-hybridized carbons (Fsp3) is 0.727. The summed E-state index contributed by atoms with van der Waals surface area (Å²) < 4.78 is 0. The maximum atomic E-state index is 11.7. The summed E-state index contributed by atoms with van der Waals surface area (Å²) in [4.78, 5) is 11.7. The molecule has 0 bridgehead atoms. The van der Waals surface area contributed by atoms with Gasteiger partial charge in [-0.15, -0.1) is 6.42 Å². The van der Waals surface area contributed by atoms with E-state index >= 15 is 0 Å². The van der Waals surface area contributed by atoms with Gasteiger partial charge in [-0.2, -0.15) is 0 Å². The standard InChI is InChI=1S/C11H18N2O/c1-4-9(5-2)13-10(14)11(3,12)8-6-7-8/h1,8-9H,5-7,12H2,2-3H3,(H,13,14). The van der Waals surface area contributed by atoms with E-state index in [-0.39, 0.29) is 11.9 Å². The van der Waals surface area contributed by atoms with Crippen LogP contribution in [0.3, 0.4) is 0 Å². The van der Waals surface area contributed by atoms with E-state index in [1.807, 2.05) is 6.92 Å². The van der Waals surface area contributed by atoms with Crippen LogP contribution >= 0.6 is 0 Å². The molecule has 0 spiro atoms. The van der Waals surface area contributed by atoms with Crippen molar-refractivity contribution in [1.82, 2.24) is 5.32 Å². The van der Waals surface area contributed by atoms with Crippen molar-refractivity contribution < 1.29 is 4.79 Å². The molecular weight excluding hydrogens is 176 g/mol. The average Bonchev–Trinajstić information content (AvgIpc) is 2.96. The maximum absolute atomic E-state index is 11.7. The summed E-state index contributed by atoms with van der Waals surface area (Å²) in [6, 6.07) is -0.191. The van der Waals surface area contributed by atoms with E-state index in [2.05, 4.69) is 11.2 Å². The Bertz CT molecular complexity index is 261. The van der Waals surface area contributed by atoms with Crippen LogP contribution in [0.1, 0.15) is 33.1 Å². The van der Waals surface area contributed by atoms with Gasteiger partial charge in [-0.3, -0.25) is 4.79 Å². The first-order valence-corrected chi connectivity index (χ1v) is 5.08. The van der Waals surface area contributed by atoms with E-state index in [0.717, 1.165) is 19.3 Å². The van der Waals surface area contributed by atoms with Gasteiger partial charge in [0.25, 0.3) is 0 Å². The van der Waals surface area contributed by atoms with Crippen LogP contribution in [0.25, 0.3) is 0 Å². The van der Waals surface area contributed by atoms with E-state index < -0.39 is 5.54 Å². The highest BCUT2D eigenvalue weighted by Crippen LogP contribution is 2.38. The van der Waals surface area contributed by atoms with Gasteiger partial charge >= 0.3 is 0 Å². The number of nitrogens with two attached hydrogens (primary N) is 1. The molecule has 0 radical (unpaired) electrons. The Labute approximate surface area is 85.4 Å². The van der Waals surface area contributed by atoms with E-state index in [9.17, 15) is 4.79 Å². The monoisotopic (exact) mass is 194 g/mol. The van der Waals surface area contributed by atoms with Crippen molar-refractivity contribution in [2.24, 2.45) is 11.7 Å². The Morgan fingerprint density at radius 3 is 2.71 bits per heavy atom. The minimum atomic E-state index is -0.746. The van der Waals surface area contributed by atoms with Crippen molar-refractivity contribution in [2.45, 2.75) is 44.7 Å². The van der Waals surface area contributed by atoms with Crippen molar-refractivity contribution in [3.8, 4) is 12.3 Å². The Morgan fingerprint density at radius 2 is 2.36 bits per heavy atom. The first kappa shape index (κ1) is 11.1. The molecule has 2 unspecified atom stereocenters. The normalized spacial score (nSPS) is 21.9. The molecule has 1 fully saturated rings. The highest BCUT2D eigenvalue weighted by molar-refractivity contribution is 5.86. The number of nitrogens with one attached hydrogen (secondary N) is 1. The number of rotatable bonds is 4. The third-order valence-corrected chi connectivity index (χ3v) is 2.83. The molecule has 78 valence electrons. The topological polar surface area (TPSA) is 55.1 Å². The van der Waals surface area contributed by atoms with Gasteiger partial charge in [-0.05, 0) is 32.1 Å². The first-order chi connectivity index (χ1) is 6.52. The lowest BCUT2D eigenvalue weighted by Gasteiger charge is -2.24. The second-order valence-electron chi connectivity index (χ2n) is 4.16. The summed E-state index contributed by atoms with van der Waals surface area (Å²) in [7, 11) is 0. The third kappa shape index (κ3) is 2.27. The molecule has 1 saturated carbocycles. The Morgan fingerprint density at radius 1 is 1.79 bits per heavy atom. The van der Waals surface area contributed by atoms with Crippen molar-refractivity contribution >= 4 is 5.91 Å². The zero-order valence-corrected chi connectivity index (χ0v) is 8.84. The van der Waals surface area contributed by atoms with Crippen LogP contribution in [0.2, 0.25) is 0 Å². The second-order valence-corrected chi connectivity index (χ2v) is 4.16. The molecular formula is C11H18N2O. The molecule has 0 saturated heterocycles. The lowest BCUT2D eigenvalue weighted by atomic mass is 9.95. The molecule has 0 aromatic rings. The highest BCUT2D eigenvalue weighted by atomic mass is 16.2. The summed E-state index contributed by atoms with van der Waals surface area (Å²) in [5, 5.41) is 2.78. The van der Waals surface area contributed by atoms with Crippen LogP contribution in [0.15, 0.2) is 0 Å². The van der Waals surface area contributed by atoms with Crippen molar-refractivity contribution in [3.05, 3.63) is 0 Å². The van der Waals surface area contributed by atoms with Gasteiger partial charge in [-0.1, -0.05) is 12.8 Å². The molecule has 1 rings (SSSR count). The number of carbonyl (C=O) groups excluding carboxylic acids is 1. The molecule has 0 aliphatic heterocycles. The Balaban J connectivity index is 2.52. The van der Waals surface area contributed by atoms with Gasteiger partial charge < -0.3 is 11.1 Å². The molecule has 1 aliphatic rings. The predicted octanol–water partition coefficient (Wildman–Crippen LogP) is 0.642. The summed E-state index contributed by atoms with van der Waals surface area (Å²) in [5.41, 5.74) is 5.20. The van der Waals surface area contributed by atoms with E-state index in [4.69, 9.17) is 12.2 Å². The van der Waals surface area contributed by atoms with E-state index in [1.54, 1.807) is 6.92 Å². The van der Waals surface area contributed by atoms with Crippen molar-refractivity contribution in [1.29, 1.82) is 0 Å². The smallest absolute Gasteiger partial charge is 0.241 e. The summed E-state index contributed by atoms with van der Waals surface area (Å²) in [6.45, 7) is 3.72. The minimum Gasteiger partial charge on any atom is -0.341 e. The number of hydrogen-bond donors (Lipinski definition) is 2. The van der Waals surface area contributed by atoms with Gasteiger partial charge in [0.2, 0.25) is 5.91 Å². The molecule has 1 amide bonds. The maximum Gasteiger partial charge on any atom is 0.241 e. The molecule has 0 aromatic heterocycles. The van der Waals surface area contributed by atoms with Crippen LogP contribution in [0.5, 0.6) is 0 Å². The quantitative estimate of drug-likeness (QED) is 0.645.